The summed E-state index contributed by atoms with van der Waals surface area (Å²) in [4.78, 5) is 0. The molecule has 1 saturated carbocycles. The van der Waals surface area contributed by atoms with Crippen LogP contribution in [0.15, 0.2) is 28.7 Å². The number of nitrogens with two attached hydrogens (primary N) is 1. The zero-order valence-corrected chi connectivity index (χ0v) is 10.5. The van der Waals surface area contributed by atoms with Crippen LogP contribution in [0.3, 0.4) is 0 Å². The molecule has 0 heterocycles. The largest absolute Gasteiger partial charge is 0.330 e. The molecule has 1 nitrogen and oxygen atoms in total. The van der Waals surface area contributed by atoms with E-state index in [0.29, 0.717) is 0 Å². The van der Waals surface area contributed by atoms with Gasteiger partial charge in [-0.2, -0.15) is 0 Å². The maximum atomic E-state index is 5.71. The highest BCUT2D eigenvalue weighted by Gasteiger charge is 2.22. The number of rotatable bonds is 2. The lowest BCUT2D eigenvalue weighted by Crippen LogP contribution is -2.20. The molecule has 1 aliphatic rings. The van der Waals surface area contributed by atoms with Crippen molar-refractivity contribution < 1.29 is 0 Å². The van der Waals surface area contributed by atoms with Gasteiger partial charge in [0, 0.05) is 4.47 Å². The standard InChI is InChI=1S/C13H18BrN/c14-13-4-2-1-3-12(13)11-7-5-10(9-15)6-8-11/h1-4,10-11H,5-9,15H2. The van der Waals surface area contributed by atoms with E-state index < -0.39 is 0 Å². The van der Waals surface area contributed by atoms with Gasteiger partial charge in [0.15, 0.2) is 0 Å². The summed E-state index contributed by atoms with van der Waals surface area (Å²) in [6.07, 6.45) is 5.18. The van der Waals surface area contributed by atoms with Gasteiger partial charge in [0.05, 0.1) is 0 Å². The molecule has 0 aliphatic heterocycles. The third kappa shape index (κ3) is 2.61. The second-order valence-electron chi connectivity index (χ2n) is 4.47. The maximum Gasteiger partial charge on any atom is 0.0210 e. The monoisotopic (exact) mass is 267 g/mol. The summed E-state index contributed by atoms with van der Waals surface area (Å²) in [6.45, 7) is 0.864. The molecular weight excluding hydrogens is 250 g/mol. The van der Waals surface area contributed by atoms with Crippen LogP contribution in [-0.2, 0) is 0 Å². The molecule has 0 aromatic heterocycles. The Bertz CT molecular complexity index is 316. The predicted molar refractivity (Wildman–Crippen MR) is 67.9 cm³/mol. The molecule has 1 aromatic carbocycles. The van der Waals surface area contributed by atoms with Gasteiger partial charge in [0.1, 0.15) is 0 Å². The molecule has 0 amide bonds. The van der Waals surface area contributed by atoms with E-state index >= 15 is 0 Å². The summed E-state index contributed by atoms with van der Waals surface area (Å²) >= 11 is 3.64. The third-order valence-electron chi connectivity index (χ3n) is 3.53. The molecule has 0 spiro atoms. The molecular formula is C13H18BrN. The van der Waals surface area contributed by atoms with Crippen LogP contribution in [0.4, 0.5) is 0 Å². The van der Waals surface area contributed by atoms with Crippen molar-refractivity contribution in [3.63, 3.8) is 0 Å². The minimum atomic E-state index is 0.739. The van der Waals surface area contributed by atoms with Gasteiger partial charge in [-0.3, -0.25) is 0 Å². The van der Waals surface area contributed by atoms with E-state index in [9.17, 15) is 0 Å². The van der Waals surface area contributed by atoms with E-state index in [-0.39, 0.29) is 0 Å². The third-order valence-corrected chi connectivity index (χ3v) is 4.25. The fourth-order valence-corrected chi connectivity index (χ4v) is 3.12. The van der Waals surface area contributed by atoms with E-state index in [0.717, 1.165) is 18.4 Å². The van der Waals surface area contributed by atoms with E-state index in [1.54, 1.807) is 0 Å². The van der Waals surface area contributed by atoms with Crippen molar-refractivity contribution in [2.45, 2.75) is 31.6 Å². The fourth-order valence-electron chi connectivity index (χ4n) is 2.52. The van der Waals surface area contributed by atoms with Gasteiger partial charge in [-0.15, -0.1) is 0 Å². The Morgan fingerprint density at radius 1 is 1.13 bits per heavy atom. The lowest BCUT2D eigenvalue weighted by atomic mass is 9.79. The van der Waals surface area contributed by atoms with Crippen LogP contribution in [-0.4, -0.2) is 6.54 Å². The minimum Gasteiger partial charge on any atom is -0.330 e. The first-order valence-corrected chi connectivity index (χ1v) is 6.55. The second kappa shape index (κ2) is 5.13. The molecule has 2 N–H and O–H groups in total. The number of halogens is 1. The molecule has 1 aromatic rings. The summed E-state index contributed by atoms with van der Waals surface area (Å²) in [5.41, 5.74) is 7.19. The van der Waals surface area contributed by atoms with Crippen LogP contribution in [0.2, 0.25) is 0 Å². The van der Waals surface area contributed by atoms with Crippen molar-refractivity contribution in [1.29, 1.82) is 0 Å². The average molecular weight is 268 g/mol. The van der Waals surface area contributed by atoms with Crippen LogP contribution >= 0.6 is 15.9 Å². The molecule has 2 rings (SSSR count). The van der Waals surface area contributed by atoms with Crippen LogP contribution < -0.4 is 5.73 Å². The Labute approximate surface area is 100 Å². The van der Waals surface area contributed by atoms with Crippen LogP contribution in [0.1, 0.15) is 37.2 Å². The summed E-state index contributed by atoms with van der Waals surface area (Å²) in [5, 5.41) is 0. The molecule has 82 valence electrons. The normalized spacial score (nSPS) is 26.5. The van der Waals surface area contributed by atoms with Gasteiger partial charge >= 0.3 is 0 Å². The Kier molecular flexibility index (Phi) is 3.81. The summed E-state index contributed by atoms with van der Waals surface area (Å²) in [7, 11) is 0. The predicted octanol–water partition coefficient (Wildman–Crippen LogP) is 3.68. The molecule has 0 bridgehead atoms. The Balaban J connectivity index is 2.04. The topological polar surface area (TPSA) is 26.0 Å². The highest BCUT2D eigenvalue weighted by atomic mass is 79.9. The first kappa shape index (κ1) is 11.2. The Morgan fingerprint density at radius 2 is 1.80 bits per heavy atom. The average Bonchev–Trinajstić information content (AvgIpc) is 2.30. The zero-order valence-electron chi connectivity index (χ0n) is 8.95. The van der Waals surface area contributed by atoms with Crippen molar-refractivity contribution in [2.75, 3.05) is 6.54 Å². The van der Waals surface area contributed by atoms with Crippen molar-refractivity contribution in [3.05, 3.63) is 34.3 Å². The van der Waals surface area contributed by atoms with E-state index in [1.807, 2.05) is 0 Å². The van der Waals surface area contributed by atoms with Gasteiger partial charge in [0.25, 0.3) is 0 Å². The van der Waals surface area contributed by atoms with E-state index in [2.05, 4.69) is 40.2 Å². The first-order valence-electron chi connectivity index (χ1n) is 5.75. The number of hydrogen-bond acceptors (Lipinski definition) is 1. The zero-order chi connectivity index (χ0) is 10.7. The maximum absolute atomic E-state index is 5.71. The molecule has 2 heteroatoms. The Hall–Kier alpha value is -0.340. The van der Waals surface area contributed by atoms with Crippen molar-refractivity contribution in [3.8, 4) is 0 Å². The van der Waals surface area contributed by atoms with Crippen molar-refractivity contribution in [1.82, 2.24) is 0 Å². The van der Waals surface area contributed by atoms with Crippen molar-refractivity contribution in [2.24, 2.45) is 11.7 Å². The molecule has 15 heavy (non-hydrogen) atoms. The number of hydrogen-bond donors (Lipinski definition) is 1. The van der Waals surface area contributed by atoms with Crippen LogP contribution in [0, 0.1) is 5.92 Å². The highest BCUT2D eigenvalue weighted by Crippen LogP contribution is 2.38. The summed E-state index contributed by atoms with van der Waals surface area (Å²) < 4.78 is 1.26. The van der Waals surface area contributed by atoms with E-state index in [1.165, 1.54) is 35.7 Å². The van der Waals surface area contributed by atoms with Gasteiger partial charge in [0.2, 0.25) is 0 Å². The fraction of sp³-hybridized carbons (Fsp3) is 0.538. The molecule has 1 aliphatic carbocycles. The summed E-state index contributed by atoms with van der Waals surface area (Å²) in [6, 6.07) is 8.61. The van der Waals surface area contributed by atoms with Gasteiger partial charge in [-0.25, -0.2) is 0 Å². The lowest BCUT2D eigenvalue weighted by Gasteiger charge is -2.28. The highest BCUT2D eigenvalue weighted by molar-refractivity contribution is 9.10. The summed E-state index contributed by atoms with van der Waals surface area (Å²) in [5.74, 6) is 1.51. The quantitative estimate of drug-likeness (QED) is 0.869. The van der Waals surface area contributed by atoms with Gasteiger partial charge in [-0.05, 0) is 55.7 Å². The van der Waals surface area contributed by atoms with E-state index in [4.69, 9.17) is 5.73 Å². The number of benzene rings is 1. The van der Waals surface area contributed by atoms with Crippen molar-refractivity contribution >= 4 is 15.9 Å². The molecule has 0 unspecified atom stereocenters. The second-order valence-corrected chi connectivity index (χ2v) is 5.33. The first-order chi connectivity index (χ1) is 7.31. The van der Waals surface area contributed by atoms with Crippen LogP contribution in [0.5, 0.6) is 0 Å². The van der Waals surface area contributed by atoms with Crippen LogP contribution in [0.25, 0.3) is 0 Å². The molecule has 0 atom stereocenters. The molecule has 0 radical (unpaired) electrons. The SMILES string of the molecule is NCC1CCC(c2ccccc2Br)CC1. The molecule has 1 fully saturated rings. The van der Waals surface area contributed by atoms with Gasteiger partial charge < -0.3 is 5.73 Å². The van der Waals surface area contributed by atoms with Gasteiger partial charge in [-0.1, -0.05) is 34.1 Å². The minimum absolute atomic E-state index is 0.739. The lowest BCUT2D eigenvalue weighted by molar-refractivity contribution is 0.332. The molecule has 0 saturated heterocycles. The Morgan fingerprint density at radius 3 is 2.40 bits per heavy atom. The smallest absolute Gasteiger partial charge is 0.0210 e.